The third-order valence-corrected chi connectivity index (χ3v) is 7.65. The SMILES string of the molecule is COCC(=O)N1CC[C@@H]2CN(Cc3cccc(Cl)c3)S(=O)(=O)[C@@H]2CC1. The number of benzene rings is 1. The Hall–Kier alpha value is -1.15. The monoisotopic (exact) mass is 386 g/mol. The normalized spacial score (nSPS) is 26.2. The van der Waals surface area contributed by atoms with E-state index in [9.17, 15) is 13.2 Å². The van der Waals surface area contributed by atoms with Gasteiger partial charge in [0, 0.05) is 38.3 Å². The van der Waals surface area contributed by atoms with Crippen LogP contribution in [0.1, 0.15) is 18.4 Å². The molecule has 2 aliphatic heterocycles. The molecule has 0 bridgehead atoms. The summed E-state index contributed by atoms with van der Waals surface area (Å²) >= 11 is 6.00. The Bertz CT molecular complexity index is 740. The zero-order valence-corrected chi connectivity index (χ0v) is 15.8. The van der Waals surface area contributed by atoms with Gasteiger partial charge in [0.2, 0.25) is 15.9 Å². The van der Waals surface area contributed by atoms with Crippen LogP contribution in [0.15, 0.2) is 24.3 Å². The second-order valence-electron chi connectivity index (χ2n) is 6.66. The average Bonchev–Trinajstić information content (AvgIpc) is 2.71. The first kappa shape index (κ1) is 18.6. The smallest absolute Gasteiger partial charge is 0.248 e. The van der Waals surface area contributed by atoms with Gasteiger partial charge in [-0.05, 0) is 36.5 Å². The van der Waals surface area contributed by atoms with Gasteiger partial charge in [0.05, 0.1) is 5.25 Å². The first-order valence-electron chi connectivity index (χ1n) is 8.42. The molecule has 0 saturated carbocycles. The number of carbonyl (C=O) groups excluding carboxylic acids is 1. The lowest BCUT2D eigenvalue weighted by atomic mass is 10.0. The number of amides is 1. The van der Waals surface area contributed by atoms with Crippen molar-refractivity contribution < 1.29 is 17.9 Å². The molecule has 0 aromatic heterocycles. The molecule has 0 spiro atoms. The van der Waals surface area contributed by atoms with Gasteiger partial charge in [0.1, 0.15) is 6.61 Å². The van der Waals surface area contributed by atoms with Crippen molar-refractivity contribution in [2.45, 2.75) is 24.6 Å². The van der Waals surface area contributed by atoms with Gasteiger partial charge in [-0.15, -0.1) is 0 Å². The van der Waals surface area contributed by atoms with Crippen LogP contribution in [0.2, 0.25) is 5.02 Å². The molecule has 8 heteroatoms. The highest BCUT2D eigenvalue weighted by molar-refractivity contribution is 7.90. The fraction of sp³-hybridized carbons (Fsp3) is 0.588. The summed E-state index contributed by atoms with van der Waals surface area (Å²) in [5.74, 6) is -0.0137. The van der Waals surface area contributed by atoms with Crippen molar-refractivity contribution in [1.82, 2.24) is 9.21 Å². The van der Waals surface area contributed by atoms with E-state index in [0.29, 0.717) is 44.0 Å². The molecular formula is C17H23ClN2O4S. The molecule has 2 fully saturated rings. The predicted molar refractivity (Wildman–Crippen MR) is 95.7 cm³/mol. The van der Waals surface area contributed by atoms with Crippen molar-refractivity contribution in [3.05, 3.63) is 34.9 Å². The molecule has 1 amide bonds. The van der Waals surface area contributed by atoms with Crippen molar-refractivity contribution >= 4 is 27.5 Å². The van der Waals surface area contributed by atoms with Crippen molar-refractivity contribution in [3.8, 4) is 0 Å². The molecule has 1 aromatic rings. The first-order valence-corrected chi connectivity index (χ1v) is 10.3. The molecule has 0 N–H and O–H groups in total. The van der Waals surface area contributed by atoms with Crippen LogP contribution in [0, 0.1) is 5.92 Å². The van der Waals surface area contributed by atoms with E-state index < -0.39 is 15.3 Å². The van der Waals surface area contributed by atoms with Crippen molar-refractivity contribution in [2.24, 2.45) is 5.92 Å². The van der Waals surface area contributed by atoms with Crippen LogP contribution in [0.5, 0.6) is 0 Å². The van der Waals surface area contributed by atoms with Gasteiger partial charge in [-0.3, -0.25) is 4.79 Å². The topological polar surface area (TPSA) is 66.9 Å². The fourth-order valence-electron chi connectivity index (χ4n) is 3.75. The van der Waals surface area contributed by atoms with Gasteiger partial charge in [-0.1, -0.05) is 23.7 Å². The van der Waals surface area contributed by atoms with Crippen molar-refractivity contribution in [1.29, 1.82) is 0 Å². The Morgan fingerprint density at radius 3 is 2.80 bits per heavy atom. The number of sulfonamides is 1. The molecule has 3 rings (SSSR count). The predicted octanol–water partition coefficient (Wildman–Crippen LogP) is 1.74. The summed E-state index contributed by atoms with van der Waals surface area (Å²) in [5, 5.41) is 0.197. The summed E-state index contributed by atoms with van der Waals surface area (Å²) in [6.07, 6.45) is 1.18. The zero-order valence-electron chi connectivity index (χ0n) is 14.2. The molecule has 2 saturated heterocycles. The molecule has 2 aliphatic rings. The van der Waals surface area contributed by atoms with Gasteiger partial charge in [0.25, 0.3) is 0 Å². The Kier molecular flexibility index (Phi) is 5.68. The number of hydrogen-bond donors (Lipinski definition) is 0. The van der Waals surface area contributed by atoms with Gasteiger partial charge < -0.3 is 9.64 Å². The van der Waals surface area contributed by atoms with Gasteiger partial charge >= 0.3 is 0 Å². The molecule has 1 aromatic carbocycles. The zero-order chi connectivity index (χ0) is 18.0. The Labute approximate surface area is 153 Å². The number of carbonyl (C=O) groups is 1. The largest absolute Gasteiger partial charge is 0.375 e. The van der Waals surface area contributed by atoms with Crippen molar-refractivity contribution in [2.75, 3.05) is 33.4 Å². The molecule has 0 aliphatic carbocycles. The van der Waals surface area contributed by atoms with Gasteiger partial charge in [-0.25, -0.2) is 8.42 Å². The van der Waals surface area contributed by atoms with E-state index in [1.54, 1.807) is 21.3 Å². The van der Waals surface area contributed by atoms with E-state index in [-0.39, 0.29) is 18.4 Å². The number of hydrogen-bond acceptors (Lipinski definition) is 4. The number of rotatable bonds is 4. The molecule has 2 heterocycles. The minimum Gasteiger partial charge on any atom is -0.375 e. The summed E-state index contributed by atoms with van der Waals surface area (Å²) in [6.45, 7) is 1.95. The van der Waals surface area contributed by atoms with Crippen molar-refractivity contribution in [3.63, 3.8) is 0 Å². The highest BCUT2D eigenvalue weighted by atomic mass is 35.5. The number of methoxy groups -OCH3 is 1. The number of halogens is 1. The first-order chi connectivity index (χ1) is 11.9. The Morgan fingerprint density at radius 2 is 2.08 bits per heavy atom. The number of fused-ring (bicyclic) bond motifs is 1. The van der Waals surface area contributed by atoms with Crippen LogP contribution in [0.3, 0.4) is 0 Å². The summed E-state index contributed by atoms with van der Waals surface area (Å²) in [4.78, 5) is 13.7. The number of likely N-dealkylation sites (tertiary alicyclic amines) is 1. The van der Waals surface area contributed by atoms with E-state index in [0.717, 1.165) is 5.56 Å². The van der Waals surface area contributed by atoms with Crippen LogP contribution >= 0.6 is 11.6 Å². The summed E-state index contributed by atoms with van der Waals surface area (Å²) in [5.41, 5.74) is 0.893. The lowest BCUT2D eigenvalue weighted by Gasteiger charge is -2.22. The minimum absolute atomic E-state index is 0.0446. The quantitative estimate of drug-likeness (QED) is 0.790. The van der Waals surface area contributed by atoms with E-state index in [4.69, 9.17) is 16.3 Å². The van der Waals surface area contributed by atoms with E-state index in [1.165, 1.54) is 7.11 Å². The fourth-order valence-corrected chi connectivity index (χ4v) is 6.19. The van der Waals surface area contributed by atoms with E-state index in [2.05, 4.69) is 0 Å². The Morgan fingerprint density at radius 1 is 1.32 bits per heavy atom. The summed E-state index contributed by atoms with van der Waals surface area (Å²) < 4.78 is 32.3. The lowest BCUT2D eigenvalue weighted by molar-refractivity contribution is -0.135. The third-order valence-electron chi connectivity index (χ3n) is 5.03. The molecule has 138 valence electrons. The summed E-state index contributed by atoms with van der Waals surface area (Å²) in [7, 11) is -1.87. The van der Waals surface area contributed by atoms with Gasteiger partial charge in [0.15, 0.2) is 0 Å². The second kappa shape index (κ2) is 7.61. The van der Waals surface area contributed by atoms with Crippen LogP contribution in [0.4, 0.5) is 0 Å². The van der Waals surface area contributed by atoms with Crippen LogP contribution in [0.25, 0.3) is 0 Å². The van der Waals surface area contributed by atoms with Crippen LogP contribution in [-0.2, 0) is 26.1 Å². The highest BCUT2D eigenvalue weighted by Crippen LogP contribution is 2.35. The number of nitrogens with zero attached hydrogens (tertiary/aromatic N) is 2. The molecule has 0 unspecified atom stereocenters. The van der Waals surface area contributed by atoms with Crippen LogP contribution in [-0.4, -0.2) is 62.1 Å². The standard InChI is InChI=1S/C17H23ClN2O4S/c1-24-12-17(21)19-7-5-14-11-20(25(22,23)16(14)6-8-19)10-13-3-2-4-15(18)9-13/h2-4,9,14,16H,5-8,10-12H2,1H3/t14-,16-/m1/s1. The maximum absolute atomic E-state index is 12.9. The van der Waals surface area contributed by atoms with Gasteiger partial charge in [-0.2, -0.15) is 4.31 Å². The van der Waals surface area contributed by atoms with Crippen LogP contribution < -0.4 is 0 Å². The van der Waals surface area contributed by atoms with E-state index >= 15 is 0 Å². The average molecular weight is 387 g/mol. The summed E-state index contributed by atoms with van der Waals surface area (Å²) in [6, 6.07) is 7.30. The maximum atomic E-state index is 12.9. The molecule has 25 heavy (non-hydrogen) atoms. The molecule has 6 nitrogen and oxygen atoms in total. The Balaban J connectivity index is 1.70. The lowest BCUT2D eigenvalue weighted by Crippen LogP contribution is -2.36. The third kappa shape index (κ3) is 4.00. The molecule has 0 radical (unpaired) electrons. The highest BCUT2D eigenvalue weighted by Gasteiger charge is 2.47. The molecular weight excluding hydrogens is 364 g/mol. The maximum Gasteiger partial charge on any atom is 0.248 e. The minimum atomic E-state index is -3.36. The second-order valence-corrected chi connectivity index (χ2v) is 9.25. The number of ether oxygens (including phenoxy) is 1. The molecule has 2 atom stereocenters. The van der Waals surface area contributed by atoms with E-state index in [1.807, 2.05) is 12.1 Å².